The number of urea groups is 1. The smallest absolute Gasteiger partial charge is 0.323 e. The minimum atomic E-state index is -0.952. The Bertz CT molecular complexity index is 334. The van der Waals surface area contributed by atoms with E-state index in [0.29, 0.717) is 19.6 Å². The van der Waals surface area contributed by atoms with Crippen LogP contribution < -0.4 is 0 Å². The Labute approximate surface area is 119 Å². The summed E-state index contributed by atoms with van der Waals surface area (Å²) in [6.07, 6.45) is 1.71. The summed E-state index contributed by atoms with van der Waals surface area (Å²) in [5.41, 5.74) is 0. The fraction of sp³-hybridized carbons (Fsp3) is 0.846. The number of hydrogen-bond acceptors (Lipinski definition) is 3. The molecule has 1 aliphatic rings. The van der Waals surface area contributed by atoms with E-state index in [0.717, 1.165) is 18.6 Å². The number of carbonyl (C=O) groups is 2. The molecule has 1 N–H and O–H groups in total. The van der Waals surface area contributed by atoms with Gasteiger partial charge in [-0.2, -0.15) is 11.8 Å². The Morgan fingerprint density at radius 3 is 2.63 bits per heavy atom. The third kappa shape index (κ3) is 5.30. The number of hydrogen-bond donors (Lipinski definition) is 1. The summed E-state index contributed by atoms with van der Waals surface area (Å²) in [6.45, 7) is 8.02. The second-order valence-electron chi connectivity index (χ2n) is 5.44. The second-order valence-corrected chi connectivity index (χ2v) is 7.25. The van der Waals surface area contributed by atoms with Gasteiger partial charge in [-0.05, 0) is 12.8 Å². The van der Waals surface area contributed by atoms with Gasteiger partial charge in [-0.25, -0.2) is 4.79 Å². The molecule has 1 rings (SSSR count). The third-order valence-corrected chi connectivity index (χ3v) is 4.57. The lowest BCUT2D eigenvalue weighted by Gasteiger charge is -2.29. The van der Waals surface area contributed by atoms with Crippen molar-refractivity contribution in [1.29, 1.82) is 0 Å². The van der Waals surface area contributed by atoms with Crippen LogP contribution in [-0.4, -0.2) is 63.6 Å². The standard InChI is InChI=1S/C13H24N2O3S/c1-4-6-15(10-11(16)17)12(18)14-7-5-13(2,3)19-9-8-14/h4-10H2,1-3H3,(H,16,17). The van der Waals surface area contributed by atoms with Crippen molar-refractivity contribution in [2.45, 2.75) is 38.4 Å². The second kappa shape index (κ2) is 7.03. The first-order chi connectivity index (χ1) is 8.85. The van der Waals surface area contributed by atoms with E-state index < -0.39 is 5.97 Å². The molecule has 0 aromatic rings. The first-order valence-electron chi connectivity index (χ1n) is 6.75. The van der Waals surface area contributed by atoms with Gasteiger partial charge in [0.1, 0.15) is 6.54 Å². The number of carboxylic acids is 1. The zero-order chi connectivity index (χ0) is 14.5. The van der Waals surface area contributed by atoms with Gasteiger partial charge in [0.05, 0.1) is 0 Å². The van der Waals surface area contributed by atoms with Gasteiger partial charge in [-0.1, -0.05) is 20.8 Å². The lowest BCUT2D eigenvalue weighted by molar-refractivity contribution is -0.137. The quantitative estimate of drug-likeness (QED) is 0.861. The Balaban J connectivity index is 2.65. The van der Waals surface area contributed by atoms with E-state index in [1.807, 2.05) is 18.7 Å². The van der Waals surface area contributed by atoms with Crippen molar-refractivity contribution < 1.29 is 14.7 Å². The zero-order valence-corrected chi connectivity index (χ0v) is 12.8. The van der Waals surface area contributed by atoms with Gasteiger partial charge in [0.15, 0.2) is 0 Å². The highest BCUT2D eigenvalue weighted by Gasteiger charge is 2.28. The van der Waals surface area contributed by atoms with Crippen molar-refractivity contribution in [2.24, 2.45) is 0 Å². The van der Waals surface area contributed by atoms with E-state index in [1.54, 1.807) is 4.90 Å². The predicted octanol–water partition coefficient (Wildman–Crippen LogP) is 2.12. The summed E-state index contributed by atoms with van der Waals surface area (Å²) < 4.78 is 0.192. The van der Waals surface area contributed by atoms with Gasteiger partial charge in [-0.3, -0.25) is 4.79 Å². The van der Waals surface area contributed by atoms with Crippen molar-refractivity contribution in [2.75, 3.05) is 31.9 Å². The topological polar surface area (TPSA) is 60.9 Å². The van der Waals surface area contributed by atoms with Gasteiger partial charge in [0.25, 0.3) is 0 Å². The highest BCUT2D eigenvalue weighted by Crippen LogP contribution is 2.30. The molecule has 0 bridgehead atoms. The molecule has 2 amide bonds. The number of amides is 2. The molecule has 0 spiro atoms. The number of nitrogens with zero attached hydrogens (tertiary/aromatic N) is 2. The molecule has 5 nitrogen and oxygen atoms in total. The van der Waals surface area contributed by atoms with Crippen LogP contribution in [0.15, 0.2) is 0 Å². The molecule has 6 heteroatoms. The molecule has 1 heterocycles. The van der Waals surface area contributed by atoms with Crippen molar-refractivity contribution in [3.05, 3.63) is 0 Å². The molecule has 1 saturated heterocycles. The van der Waals surface area contributed by atoms with Crippen molar-refractivity contribution in [1.82, 2.24) is 9.80 Å². The maximum atomic E-state index is 12.4. The first-order valence-corrected chi connectivity index (χ1v) is 7.74. The van der Waals surface area contributed by atoms with Crippen LogP contribution >= 0.6 is 11.8 Å². The summed E-state index contributed by atoms with van der Waals surface area (Å²) >= 11 is 1.87. The average Bonchev–Trinajstić information content (AvgIpc) is 2.48. The Morgan fingerprint density at radius 1 is 1.37 bits per heavy atom. The summed E-state index contributed by atoms with van der Waals surface area (Å²) in [7, 11) is 0. The van der Waals surface area contributed by atoms with E-state index in [-0.39, 0.29) is 17.3 Å². The molecule has 19 heavy (non-hydrogen) atoms. The first kappa shape index (κ1) is 16.1. The van der Waals surface area contributed by atoms with Crippen LogP contribution in [0.3, 0.4) is 0 Å². The van der Waals surface area contributed by atoms with E-state index in [2.05, 4.69) is 13.8 Å². The van der Waals surface area contributed by atoms with Gasteiger partial charge in [-0.15, -0.1) is 0 Å². The van der Waals surface area contributed by atoms with Crippen LogP contribution in [0, 0.1) is 0 Å². The largest absolute Gasteiger partial charge is 0.480 e. The van der Waals surface area contributed by atoms with E-state index in [9.17, 15) is 9.59 Å². The summed E-state index contributed by atoms with van der Waals surface area (Å²) in [4.78, 5) is 26.4. The van der Waals surface area contributed by atoms with E-state index in [1.165, 1.54) is 4.90 Å². The maximum absolute atomic E-state index is 12.4. The Hall–Kier alpha value is -0.910. The van der Waals surface area contributed by atoms with Gasteiger partial charge in [0, 0.05) is 30.1 Å². The summed E-state index contributed by atoms with van der Waals surface area (Å²) in [6, 6.07) is -0.137. The molecular weight excluding hydrogens is 264 g/mol. The van der Waals surface area contributed by atoms with Gasteiger partial charge >= 0.3 is 12.0 Å². The monoisotopic (exact) mass is 288 g/mol. The molecule has 0 radical (unpaired) electrons. The van der Waals surface area contributed by atoms with Crippen LogP contribution in [0.25, 0.3) is 0 Å². The molecule has 1 aliphatic heterocycles. The number of carbonyl (C=O) groups excluding carboxylic acids is 1. The normalized spacial score (nSPS) is 18.8. The van der Waals surface area contributed by atoms with Crippen LogP contribution in [-0.2, 0) is 4.79 Å². The maximum Gasteiger partial charge on any atom is 0.323 e. The van der Waals surface area contributed by atoms with Crippen molar-refractivity contribution in [3.63, 3.8) is 0 Å². The molecule has 110 valence electrons. The Morgan fingerprint density at radius 2 is 2.05 bits per heavy atom. The molecular formula is C13H24N2O3S. The number of carboxylic acid groups (broad SMARTS) is 1. The van der Waals surface area contributed by atoms with E-state index >= 15 is 0 Å². The molecule has 0 aromatic carbocycles. The van der Waals surface area contributed by atoms with Gasteiger partial charge < -0.3 is 14.9 Å². The Kier molecular flexibility index (Phi) is 5.97. The number of aliphatic carboxylic acids is 1. The minimum Gasteiger partial charge on any atom is -0.480 e. The third-order valence-electron chi connectivity index (χ3n) is 3.20. The minimum absolute atomic E-state index is 0.137. The number of thioether (sulfide) groups is 1. The van der Waals surface area contributed by atoms with Crippen LogP contribution in [0.1, 0.15) is 33.6 Å². The molecule has 0 saturated carbocycles. The zero-order valence-electron chi connectivity index (χ0n) is 12.0. The molecule has 0 aliphatic carbocycles. The van der Waals surface area contributed by atoms with Crippen LogP contribution in [0.2, 0.25) is 0 Å². The van der Waals surface area contributed by atoms with Gasteiger partial charge in [0.2, 0.25) is 0 Å². The van der Waals surface area contributed by atoms with Crippen molar-refractivity contribution >= 4 is 23.8 Å². The van der Waals surface area contributed by atoms with Crippen LogP contribution in [0.5, 0.6) is 0 Å². The summed E-state index contributed by atoms with van der Waals surface area (Å²) in [5, 5.41) is 8.88. The van der Waals surface area contributed by atoms with Crippen molar-refractivity contribution in [3.8, 4) is 0 Å². The lowest BCUT2D eigenvalue weighted by Crippen LogP contribution is -2.46. The SMILES string of the molecule is CCCN(CC(=O)O)C(=O)N1CCSC(C)(C)CC1. The highest BCUT2D eigenvalue weighted by atomic mass is 32.2. The summed E-state index contributed by atoms with van der Waals surface area (Å²) in [5.74, 6) is -0.0440. The lowest BCUT2D eigenvalue weighted by atomic mass is 10.1. The highest BCUT2D eigenvalue weighted by molar-refractivity contribution is 8.00. The molecule has 1 fully saturated rings. The number of rotatable bonds is 4. The van der Waals surface area contributed by atoms with Crippen LogP contribution in [0.4, 0.5) is 4.79 Å². The van der Waals surface area contributed by atoms with E-state index in [4.69, 9.17) is 5.11 Å². The molecule has 0 atom stereocenters. The molecule has 0 aromatic heterocycles. The predicted molar refractivity (Wildman–Crippen MR) is 77.6 cm³/mol. The fourth-order valence-electron chi connectivity index (χ4n) is 2.09. The average molecular weight is 288 g/mol. The fourth-order valence-corrected chi connectivity index (χ4v) is 3.19. The molecule has 0 unspecified atom stereocenters.